The monoisotopic (exact) mass is 252 g/mol. The molecule has 90 valence electrons. The van der Waals surface area contributed by atoms with Gasteiger partial charge in [-0.25, -0.2) is 0 Å². The molecule has 2 aromatic rings. The number of amides is 1. The Morgan fingerprint density at radius 2 is 2.29 bits per heavy atom. The maximum absolute atomic E-state index is 12.0. The minimum Gasteiger partial charge on any atom is -0.464 e. The zero-order valence-electron chi connectivity index (χ0n) is 9.66. The van der Waals surface area contributed by atoms with Gasteiger partial charge in [0.1, 0.15) is 17.2 Å². The number of carbonyl (C=O) groups is 1. The topological polar surface area (TPSA) is 49.2 Å². The van der Waals surface area contributed by atoms with Gasteiger partial charge < -0.3 is 14.3 Å². The molecule has 2 rings (SSSR count). The highest BCUT2D eigenvalue weighted by molar-refractivity contribution is 6.30. The van der Waals surface area contributed by atoms with Crippen LogP contribution in [0.3, 0.4) is 0 Å². The number of aromatic nitrogens is 1. The van der Waals surface area contributed by atoms with Crippen LogP contribution in [0.1, 0.15) is 22.0 Å². The van der Waals surface area contributed by atoms with Crippen LogP contribution in [0.5, 0.6) is 0 Å². The molecule has 1 amide bonds. The van der Waals surface area contributed by atoms with Crippen molar-refractivity contribution in [1.29, 1.82) is 0 Å². The fourth-order valence-electron chi connectivity index (χ4n) is 1.57. The SMILES string of the molecule is Cc1ccc(CN(C)C(=O)c2cc(Cl)c[nH]2)o1. The number of nitrogens with one attached hydrogen (secondary N) is 1. The number of hydrogen-bond donors (Lipinski definition) is 1. The number of nitrogens with zero attached hydrogens (tertiary/aromatic N) is 1. The van der Waals surface area contributed by atoms with Gasteiger partial charge in [-0.15, -0.1) is 0 Å². The molecular weight excluding hydrogens is 240 g/mol. The summed E-state index contributed by atoms with van der Waals surface area (Å²) < 4.78 is 5.42. The summed E-state index contributed by atoms with van der Waals surface area (Å²) in [6.45, 7) is 2.30. The Bertz CT molecular complexity index is 530. The highest BCUT2D eigenvalue weighted by Gasteiger charge is 2.14. The van der Waals surface area contributed by atoms with Crippen molar-refractivity contribution in [2.45, 2.75) is 13.5 Å². The highest BCUT2D eigenvalue weighted by atomic mass is 35.5. The van der Waals surface area contributed by atoms with E-state index >= 15 is 0 Å². The average Bonchev–Trinajstić information content (AvgIpc) is 2.87. The number of aryl methyl sites for hydroxylation is 1. The van der Waals surface area contributed by atoms with E-state index in [0.29, 0.717) is 17.3 Å². The van der Waals surface area contributed by atoms with Gasteiger partial charge in [0.05, 0.1) is 11.6 Å². The quantitative estimate of drug-likeness (QED) is 0.913. The van der Waals surface area contributed by atoms with Gasteiger partial charge in [0.25, 0.3) is 5.91 Å². The average molecular weight is 253 g/mol. The minimum atomic E-state index is -0.119. The van der Waals surface area contributed by atoms with E-state index in [1.165, 1.54) is 0 Å². The van der Waals surface area contributed by atoms with Crippen LogP contribution in [0.15, 0.2) is 28.8 Å². The molecule has 0 aromatic carbocycles. The summed E-state index contributed by atoms with van der Waals surface area (Å²) in [7, 11) is 1.72. The lowest BCUT2D eigenvalue weighted by atomic mass is 10.3. The fourth-order valence-corrected chi connectivity index (χ4v) is 1.74. The molecule has 5 heteroatoms. The van der Waals surface area contributed by atoms with Crippen molar-refractivity contribution in [3.63, 3.8) is 0 Å². The molecule has 0 unspecified atom stereocenters. The summed E-state index contributed by atoms with van der Waals surface area (Å²) in [5.41, 5.74) is 0.473. The van der Waals surface area contributed by atoms with Gasteiger partial charge in [0.15, 0.2) is 0 Å². The van der Waals surface area contributed by atoms with Crippen LogP contribution >= 0.6 is 11.6 Å². The molecule has 0 bridgehead atoms. The zero-order valence-corrected chi connectivity index (χ0v) is 10.4. The van der Waals surface area contributed by atoms with Crippen molar-refractivity contribution in [2.24, 2.45) is 0 Å². The number of furan rings is 1. The maximum atomic E-state index is 12.0. The van der Waals surface area contributed by atoms with Crippen LogP contribution < -0.4 is 0 Å². The molecule has 1 N–H and O–H groups in total. The number of hydrogen-bond acceptors (Lipinski definition) is 2. The standard InChI is InChI=1S/C12H13ClN2O2/c1-8-3-4-10(17-8)7-15(2)12(16)11-5-9(13)6-14-11/h3-6,14H,7H2,1-2H3. The molecule has 0 aliphatic heterocycles. The number of rotatable bonds is 3. The predicted octanol–water partition coefficient (Wildman–Crippen LogP) is 2.84. The fraction of sp³-hybridized carbons (Fsp3) is 0.250. The first-order valence-corrected chi connectivity index (χ1v) is 5.59. The van der Waals surface area contributed by atoms with Crippen LogP contribution in [0, 0.1) is 6.92 Å². The second-order valence-electron chi connectivity index (χ2n) is 3.91. The zero-order chi connectivity index (χ0) is 12.4. The first kappa shape index (κ1) is 11.8. The molecule has 0 atom stereocenters. The highest BCUT2D eigenvalue weighted by Crippen LogP contribution is 2.13. The van der Waals surface area contributed by atoms with Gasteiger partial charge >= 0.3 is 0 Å². The van der Waals surface area contributed by atoms with E-state index in [4.69, 9.17) is 16.0 Å². The maximum Gasteiger partial charge on any atom is 0.270 e. The summed E-state index contributed by atoms with van der Waals surface area (Å²) in [5, 5.41) is 0.524. The Morgan fingerprint density at radius 3 is 2.82 bits per heavy atom. The number of carbonyl (C=O) groups excluding carboxylic acids is 1. The molecule has 0 fully saturated rings. The molecule has 4 nitrogen and oxygen atoms in total. The third kappa shape index (κ3) is 2.71. The largest absolute Gasteiger partial charge is 0.464 e. The Labute approximate surface area is 104 Å². The van der Waals surface area contributed by atoms with Crippen molar-refractivity contribution in [1.82, 2.24) is 9.88 Å². The Kier molecular flexibility index (Phi) is 3.24. The second-order valence-corrected chi connectivity index (χ2v) is 4.34. The van der Waals surface area contributed by atoms with Gasteiger partial charge in [-0.2, -0.15) is 0 Å². The first-order valence-electron chi connectivity index (χ1n) is 5.21. The van der Waals surface area contributed by atoms with E-state index in [1.807, 2.05) is 19.1 Å². The Balaban J connectivity index is 2.05. The molecule has 0 saturated heterocycles. The van der Waals surface area contributed by atoms with E-state index in [-0.39, 0.29) is 5.91 Å². The molecule has 0 spiro atoms. The smallest absolute Gasteiger partial charge is 0.270 e. The number of H-pyrrole nitrogens is 1. The van der Waals surface area contributed by atoms with Gasteiger partial charge in [-0.1, -0.05) is 11.6 Å². The van der Waals surface area contributed by atoms with E-state index in [9.17, 15) is 4.79 Å². The second kappa shape index (κ2) is 4.67. The van der Waals surface area contributed by atoms with Crippen molar-refractivity contribution >= 4 is 17.5 Å². The van der Waals surface area contributed by atoms with Gasteiger partial charge in [0.2, 0.25) is 0 Å². The summed E-state index contributed by atoms with van der Waals surface area (Å²) in [6.07, 6.45) is 1.58. The van der Waals surface area contributed by atoms with Gasteiger partial charge in [-0.05, 0) is 25.1 Å². The van der Waals surface area contributed by atoms with Gasteiger partial charge in [-0.3, -0.25) is 4.79 Å². The Morgan fingerprint density at radius 1 is 1.53 bits per heavy atom. The third-order valence-corrected chi connectivity index (χ3v) is 2.63. The van der Waals surface area contributed by atoms with Gasteiger partial charge in [0, 0.05) is 13.2 Å². The van der Waals surface area contributed by atoms with Crippen molar-refractivity contribution in [3.8, 4) is 0 Å². The summed E-state index contributed by atoms with van der Waals surface area (Å²) in [5.74, 6) is 1.48. The summed E-state index contributed by atoms with van der Waals surface area (Å²) >= 11 is 5.75. The van der Waals surface area contributed by atoms with E-state index < -0.39 is 0 Å². The Hall–Kier alpha value is -1.68. The van der Waals surface area contributed by atoms with E-state index in [0.717, 1.165) is 11.5 Å². The first-order chi connectivity index (χ1) is 8.06. The molecule has 17 heavy (non-hydrogen) atoms. The van der Waals surface area contributed by atoms with Crippen LogP contribution in [0.25, 0.3) is 0 Å². The molecule has 0 aliphatic rings. The molecule has 2 heterocycles. The van der Waals surface area contributed by atoms with E-state index in [2.05, 4.69) is 4.98 Å². The third-order valence-electron chi connectivity index (χ3n) is 2.41. The molecule has 0 radical (unpaired) electrons. The van der Waals surface area contributed by atoms with Crippen LogP contribution in [0.2, 0.25) is 5.02 Å². The lowest BCUT2D eigenvalue weighted by Gasteiger charge is -2.14. The predicted molar refractivity (Wildman–Crippen MR) is 65.0 cm³/mol. The molecule has 0 aliphatic carbocycles. The number of aromatic amines is 1. The molecular formula is C12H13ClN2O2. The molecule has 0 saturated carbocycles. The minimum absolute atomic E-state index is 0.119. The van der Waals surface area contributed by atoms with Crippen LogP contribution in [0.4, 0.5) is 0 Å². The normalized spacial score (nSPS) is 10.5. The van der Waals surface area contributed by atoms with Crippen molar-refractivity contribution in [3.05, 3.63) is 46.6 Å². The van der Waals surface area contributed by atoms with Crippen LogP contribution in [-0.2, 0) is 6.54 Å². The van der Waals surface area contributed by atoms with Crippen molar-refractivity contribution in [2.75, 3.05) is 7.05 Å². The lowest BCUT2D eigenvalue weighted by molar-refractivity contribution is 0.0770. The van der Waals surface area contributed by atoms with Crippen molar-refractivity contribution < 1.29 is 9.21 Å². The number of halogens is 1. The van der Waals surface area contributed by atoms with Crippen LogP contribution in [-0.4, -0.2) is 22.8 Å². The lowest BCUT2D eigenvalue weighted by Crippen LogP contribution is -2.26. The van der Waals surface area contributed by atoms with E-state index in [1.54, 1.807) is 24.2 Å². The summed E-state index contributed by atoms with van der Waals surface area (Å²) in [4.78, 5) is 16.4. The molecule has 2 aromatic heterocycles. The summed E-state index contributed by atoms with van der Waals surface area (Å²) in [6, 6.07) is 5.34.